The average molecular weight is 384 g/mol. The summed E-state index contributed by atoms with van der Waals surface area (Å²) >= 11 is 5.86. The molecule has 0 fully saturated rings. The largest absolute Gasteiger partial charge is 0.369 e. The van der Waals surface area contributed by atoms with Crippen molar-refractivity contribution in [3.63, 3.8) is 0 Å². The second-order valence-corrected chi connectivity index (χ2v) is 6.42. The molecule has 0 radical (unpaired) electrons. The predicted molar refractivity (Wildman–Crippen MR) is 103 cm³/mol. The van der Waals surface area contributed by atoms with Gasteiger partial charge in [0, 0.05) is 35.0 Å². The summed E-state index contributed by atoms with van der Waals surface area (Å²) in [6.07, 6.45) is 4.06. The van der Waals surface area contributed by atoms with Gasteiger partial charge in [0.2, 0.25) is 11.8 Å². The number of nitrogens with zero attached hydrogens (tertiary/aromatic N) is 2. The number of hydrogen-bond acceptors (Lipinski definition) is 4. The van der Waals surface area contributed by atoms with Crippen LogP contribution in [-0.2, 0) is 22.4 Å². The van der Waals surface area contributed by atoms with Crippen LogP contribution in [0.25, 0.3) is 11.3 Å². The van der Waals surface area contributed by atoms with Crippen LogP contribution in [0.1, 0.15) is 17.5 Å². The van der Waals surface area contributed by atoms with Gasteiger partial charge < -0.3 is 11.1 Å². The summed E-state index contributed by atoms with van der Waals surface area (Å²) in [6.45, 7) is 0. The monoisotopic (exact) mass is 383 g/mol. The van der Waals surface area contributed by atoms with Gasteiger partial charge in [-0.05, 0) is 36.2 Å². The molecule has 3 aromatic rings. The van der Waals surface area contributed by atoms with Crippen LogP contribution in [-0.4, -0.2) is 27.0 Å². The van der Waals surface area contributed by atoms with Crippen molar-refractivity contribution in [2.45, 2.75) is 19.3 Å². The summed E-state index contributed by atoms with van der Waals surface area (Å²) in [7, 11) is 0. The molecule has 8 heteroatoms. The van der Waals surface area contributed by atoms with E-state index in [9.17, 15) is 9.59 Å². The first-order valence-corrected chi connectivity index (χ1v) is 8.71. The van der Waals surface area contributed by atoms with Gasteiger partial charge >= 0.3 is 0 Å². The first-order chi connectivity index (χ1) is 13.0. The Morgan fingerprint density at radius 1 is 1.11 bits per heavy atom. The van der Waals surface area contributed by atoms with Gasteiger partial charge in [-0.25, -0.2) is 0 Å². The highest BCUT2D eigenvalue weighted by molar-refractivity contribution is 6.30. The van der Waals surface area contributed by atoms with Gasteiger partial charge in [-0.2, -0.15) is 5.10 Å². The Kier molecular flexibility index (Phi) is 5.83. The number of H-pyrrole nitrogens is 1. The Labute approximate surface area is 161 Å². The van der Waals surface area contributed by atoms with Crippen molar-refractivity contribution in [3.8, 4) is 11.3 Å². The van der Waals surface area contributed by atoms with Crippen LogP contribution < -0.4 is 11.1 Å². The van der Waals surface area contributed by atoms with Crippen LogP contribution in [0.15, 0.2) is 48.8 Å². The first kappa shape index (κ1) is 18.6. The van der Waals surface area contributed by atoms with Crippen molar-refractivity contribution in [1.29, 1.82) is 0 Å². The first-order valence-electron chi connectivity index (χ1n) is 8.33. The molecule has 138 valence electrons. The number of carbonyl (C=O) groups excluding carboxylic acids is 2. The second-order valence-electron chi connectivity index (χ2n) is 5.98. The number of primary amides is 1. The van der Waals surface area contributed by atoms with Gasteiger partial charge in [0.25, 0.3) is 0 Å². The van der Waals surface area contributed by atoms with Gasteiger partial charge in [-0.1, -0.05) is 23.7 Å². The average Bonchev–Trinajstić information content (AvgIpc) is 3.03. The van der Waals surface area contributed by atoms with Crippen molar-refractivity contribution < 1.29 is 9.59 Å². The molecule has 4 N–H and O–H groups in total. The maximum Gasteiger partial charge on any atom is 0.225 e. The number of nitrogens with two attached hydrogens (primary N) is 1. The summed E-state index contributed by atoms with van der Waals surface area (Å²) in [5.74, 6) is -0.328. The minimum atomic E-state index is -0.511. The molecule has 0 aliphatic carbocycles. The molecule has 0 saturated heterocycles. The van der Waals surface area contributed by atoms with Gasteiger partial charge in [-0.3, -0.25) is 19.7 Å². The van der Waals surface area contributed by atoms with Crippen molar-refractivity contribution >= 4 is 29.2 Å². The van der Waals surface area contributed by atoms with E-state index >= 15 is 0 Å². The summed E-state index contributed by atoms with van der Waals surface area (Å²) in [5.41, 5.74) is 8.26. The molecule has 2 heterocycles. The lowest BCUT2D eigenvalue weighted by Gasteiger charge is -2.07. The number of anilines is 1. The highest BCUT2D eigenvalue weighted by atomic mass is 35.5. The topological polar surface area (TPSA) is 114 Å². The van der Waals surface area contributed by atoms with E-state index < -0.39 is 5.91 Å². The number of aromatic amines is 1. The van der Waals surface area contributed by atoms with E-state index in [0.717, 1.165) is 11.1 Å². The third-order valence-electron chi connectivity index (χ3n) is 3.99. The molecule has 0 aliphatic rings. The number of benzene rings is 1. The van der Waals surface area contributed by atoms with Crippen LogP contribution in [0, 0.1) is 0 Å². The SMILES string of the molecule is NC(=O)Cc1c(-c2ccncc2)n[nH]c1NC(=O)CCc1ccc(Cl)cc1. The highest BCUT2D eigenvalue weighted by Crippen LogP contribution is 2.27. The minimum Gasteiger partial charge on any atom is -0.369 e. The van der Waals surface area contributed by atoms with Gasteiger partial charge in [0.1, 0.15) is 5.82 Å². The third kappa shape index (κ3) is 4.92. The number of aryl methyl sites for hydroxylation is 1. The van der Waals surface area contributed by atoms with E-state index in [-0.39, 0.29) is 18.7 Å². The van der Waals surface area contributed by atoms with Crippen molar-refractivity contribution in [3.05, 3.63) is 64.9 Å². The Hall–Kier alpha value is -3.19. The normalized spacial score (nSPS) is 10.6. The number of amides is 2. The molecule has 27 heavy (non-hydrogen) atoms. The van der Waals surface area contributed by atoms with Crippen molar-refractivity contribution in [1.82, 2.24) is 15.2 Å². The van der Waals surface area contributed by atoms with Gasteiger partial charge in [-0.15, -0.1) is 0 Å². The molecule has 0 unspecified atom stereocenters. The molecule has 0 spiro atoms. The molecule has 7 nitrogen and oxygen atoms in total. The Morgan fingerprint density at radius 3 is 2.48 bits per heavy atom. The van der Waals surface area contributed by atoms with Crippen LogP contribution in [0.3, 0.4) is 0 Å². The van der Waals surface area contributed by atoms with E-state index in [1.165, 1.54) is 0 Å². The van der Waals surface area contributed by atoms with Crippen LogP contribution in [0.2, 0.25) is 5.02 Å². The van der Waals surface area contributed by atoms with Gasteiger partial charge in [0.15, 0.2) is 0 Å². The fourth-order valence-electron chi connectivity index (χ4n) is 2.67. The maximum atomic E-state index is 12.3. The third-order valence-corrected chi connectivity index (χ3v) is 4.24. The van der Waals surface area contributed by atoms with Crippen LogP contribution in [0.4, 0.5) is 5.82 Å². The number of halogens is 1. The molecule has 0 saturated carbocycles. The summed E-state index contributed by atoms with van der Waals surface area (Å²) in [6, 6.07) is 10.9. The molecule has 2 amide bonds. The molecule has 0 aliphatic heterocycles. The Morgan fingerprint density at radius 2 is 1.81 bits per heavy atom. The zero-order valence-corrected chi connectivity index (χ0v) is 15.2. The second kappa shape index (κ2) is 8.46. The molecule has 2 aromatic heterocycles. The Bertz CT molecular complexity index is 938. The van der Waals surface area contributed by atoms with Crippen molar-refractivity contribution in [2.24, 2.45) is 5.73 Å². The molecule has 1 aromatic carbocycles. The van der Waals surface area contributed by atoms with E-state index in [2.05, 4.69) is 20.5 Å². The lowest BCUT2D eigenvalue weighted by Crippen LogP contribution is -2.17. The molecule has 0 atom stereocenters. The molecule has 0 bridgehead atoms. The number of carbonyl (C=O) groups is 2. The minimum absolute atomic E-state index is 0.0407. The zero-order valence-electron chi connectivity index (χ0n) is 14.4. The molecular weight excluding hydrogens is 366 g/mol. The lowest BCUT2D eigenvalue weighted by molar-refractivity contribution is -0.118. The fourth-order valence-corrected chi connectivity index (χ4v) is 2.80. The number of aromatic nitrogens is 3. The number of rotatable bonds is 7. The predicted octanol–water partition coefficient (Wildman–Crippen LogP) is 2.72. The standard InChI is InChI=1S/C19H18ClN5O2/c20-14-4-1-12(2-5-14)3-6-17(27)23-19-15(11-16(21)26)18(24-25-19)13-7-9-22-10-8-13/h1-2,4-5,7-10H,3,6,11H2,(H2,21,26)(H2,23,24,25,27). The molecular formula is C19H18ClN5O2. The van der Waals surface area contributed by atoms with E-state index in [0.29, 0.717) is 28.5 Å². The maximum absolute atomic E-state index is 12.3. The number of nitrogens with one attached hydrogen (secondary N) is 2. The lowest BCUT2D eigenvalue weighted by atomic mass is 10.1. The summed E-state index contributed by atoms with van der Waals surface area (Å²) in [4.78, 5) is 27.8. The fraction of sp³-hybridized carbons (Fsp3) is 0.158. The van der Waals surface area contributed by atoms with Crippen LogP contribution >= 0.6 is 11.6 Å². The number of hydrogen-bond donors (Lipinski definition) is 3. The molecule has 3 rings (SSSR count). The smallest absolute Gasteiger partial charge is 0.225 e. The summed E-state index contributed by atoms with van der Waals surface area (Å²) in [5, 5.41) is 10.5. The van der Waals surface area contributed by atoms with E-state index in [1.54, 1.807) is 36.7 Å². The van der Waals surface area contributed by atoms with Crippen molar-refractivity contribution in [2.75, 3.05) is 5.32 Å². The quantitative estimate of drug-likeness (QED) is 0.582. The van der Waals surface area contributed by atoms with E-state index in [1.807, 2.05) is 12.1 Å². The van der Waals surface area contributed by atoms with Crippen LogP contribution in [0.5, 0.6) is 0 Å². The Balaban J connectivity index is 1.73. The zero-order chi connectivity index (χ0) is 19.2. The number of pyridine rings is 1. The van der Waals surface area contributed by atoms with Gasteiger partial charge in [0.05, 0.1) is 12.1 Å². The highest BCUT2D eigenvalue weighted by Gasteiger charge is 2.18. The summed E-state index contributed by atoms with van der Waals surface area (Å²) < 4.78 is 0. The van der Waals surface area contributed by atoms with E-state index in [4.69, 9.17) is 17.3 Å².